The first-order valence-corrected chi connectivity index (χ1v) is 8.09. The smallest absolute Gasteiger partial charge is 0.269 e. The van der Waals surface area contributed by atoms with Crippen LogP contribution in [-0.4, -0.2) is 53.3 Å². The zero-order valence-electron chi connectivity index (χ0n) is 14.3. The molecule has 0 spiro atoms. The molecule has 1 saturated heterocycles. The number of nitrogens with zero attached hydrogens (tertiary/aromatic N) is 5. The predicted octanol–water partition coefficient (Wildman–Crippen LogP) is 1.75. The zero-order valence-corrected chi connectivity index (χ0v) is 14.3. The molecule has 1 aliphatic heterocycles. The van der Waals surface area contributed by atoms with Crippen molar-refractivity contribution in [2.24, 2.45) is 0 Å². The molecule has 9 heteroatoms. The van der Waals surface area contributed by atoms with Crippen molar-refractivity contribution in [3.05, 3.63) is 45.6 Å². The van der Waals surface area contributed by atoms with Crippen molar-refractivity contribution in [2.45, 2.75) is 20.1 Å². The molecule has 1 aliphatic rings. The van der Waals surface area contributed by atoms with Crippen molar-refractivity contribution < 1.29 is 14.2 Å². The highest BCUT2D eigenvalue weighted by Gasteiger charge is 2.22. The highest BCUT2D eigenvalue weighted by molar-refractivity contribution is 5.58. The molecule has 0 bridgehead atoms. The second-order valence-corrected chi connectivity index (χ2v) is 6.00. The van der Waals surface area contributed by atoms with Crippen LogP contribution in [0.5, 0.6) is 0 Å². The van der Waals surface area contributed by atoms with Crippen molar-refractivity contribution >= 4 is 11.4 Å². The van der Waals surface area contributed by atoms with E-state index in [1.165, 1.54) is 0 Å². The first-order chi connectivity index (χ1) is 12.1. The molecule has 0 amide bonds. The standard InChI is InChI=1S/C16H21N5O4/c1-12-17-16(25-18-12)10-19-5-7-20(8-6-19)15-4-3-14(21(22)23)9-13(15)11-24-2/h3-4,9H,5-8,10-11H2,1-2H3. The van der Waals surface area contributed by atoms with Crippen LogP contribution in [0.2, 0.25) is 0 Å². The molecule has 0 aliphatic carbocycles. The Hall–Kier alpha value is -2.52. The van der Waals surface area contributed by atoms with Crippen LogP contribution in [0, 0.1) is 17.0 Å². The van der Waals surface area contributed by atoms with Gasteiger partial charge in [-0.1, -0.05) is 5.16 Å². The minimum Gasteiger partial charge on any atom is -0.380 e. The molecule has 0 saturated carbocycles. The maximum atomic E-state index is 11.0. The lowest BCUT2D eigenvalue weighted by molar-refractivity contribution is -0.384. The predicted molar refractivity (Wildman–Crippen MR) is 90.3 cm³/mol. The topological polar surface area (TPSA) is 97.8 Å². The lowest BCUT2D eigenvalue weighted by atomic mass is 10.1. The number of methoxy groups -OCH3 is 1. The maximum Gasteiger partial charge on any atom is 0.269 e. The van der Waals surface area contributed by atoms with Gasteiger partial charge in [-0.25, -0.2) is 0 Å². The van der Waals surface area contributed by atoms with Gasteiger partial charge in [-0.3, -0.25) is 15.0 Å². The number of hydrogen-bond donors (Lipinski definition) is 0. The van der Waals surface area contributed by atoms with Gasteiger partial charge in [0, 0.05) is 56.7 Å². The largest absolute Gasteiger partial charge is 0.380 e. The van der Waals surface area contributed by atoms with E-state index < -0.39 is 0 Å². The van der Waals surface area contributed by atoms with Crippen molar-refractivity contribution in [3.8, 4) is 0 Å². The quantitative estimate of drug-likeness (QED) is 0.576. The number of nitro benzene ring substituents is 1. The van der Waals surface area contributed by atoms with Gasteiger partial charge >= 0.3 is 0 Å². The van der Waals surface area contributed by atoms with Crippen molar-refractivity contribution in [2.75, 3.05) is 38.2 Å². The first-order valence-electron chi connectivity index (χ1n) is 8.09. The van der Waals surface area contributed by atoms with Gasteiger partial charge in [0.2, 0.25) is 5.89 Å². The SMILES string of the molecule is COCc1cc([N+](=O)[O-])ccc1N1CCN(Cc2nc(C)no2)CC1. The van der Waals surface area contributed by atoms with E-state index in [9.17, 15) is 10.1 Å². The third-order valence-electron chi connectivity index (χ3n) is 4.22. The molecule has 0 radical (unpaired) electrons. The van der Waals surface area contributed by atoms with E-state index >= 15 is 0 Å². The number of rotatable bonds is 6. The monoisotopic (exact) mass is 347 g/mol. The van der Waals surface area contributed by atoms with Crippen molar-refractivity contribution in [1.82, 2.24) is 15.0 Å². The highest BCUT2D eigenvalue weighted by Crippen LogP contribution is 2.27. The number of non-ortho nitro benzene ring substituents is 1. The van der Waals surface area contributed by atoms with Gasteiger partial charge in [0.25, 0.3) is 5.69 Å². The summed E-state index contributed by atoms with van der Waals surface area (Å²) in [5, 5.41) is 14.8. The summed E-state index contributed by atoms with van der Waals surface area (Å²) in [6.45, 7) is 6.13. The first kappa shape index (κ1) is 17.3. The number of hydrogen-bond acceptors (Lipinski definition) is 8. The molecule has 25 heavy (non-hydrogen) atoms. The van der Waals surface area contributed by atoms with E-state index in [-0.39, 0.29) is 10.6 Å². The molecular weight excluding hydrogens is 326 g/mol. The zero-order chi connectivity index (χ0) is 17.8. The average molecular weight is 347 g/mol. The molecule has 1 fully saturated rings. The number of ether oxygens (including phenoxy) is 1. The second kappa shape index (κ2) is 7.58. The van der Waals surface area contributed by atoms with Crippen LogP contribution in [0.4, 0.5) is 11.4 Å². The van der Waals surface area contributed by atoms with Gasteiger partial charge in [0.15, 0.2) is 5.82 Å². The van der Waals surface area contributed by atoms with E-state index in [0.717, 1.165) is 37.4 Å². The summed E-state index contributed by atoms with van der Waals surface area (Å²) < 4.78 is 10.4. The minimum absolute atomic E-state index is 0.0844. The molecule has 2 aromatic rings. The van der Waals surface area contributed by atoms with E-state index in [1.54, 1.807) is 26.2 Å². The molecule has 1 aromatic heterocycles. The van der Waals surface area contributed by atoms with E-state index in [0.29, 0.717) is 24.9 Å². The fourth-order valence-electron chi connectivity index (χ4n) is 3.01. The number of anilines is 1. The third kappa shape index (κ3) is 4.12. The number of nitro groups is 1. The van der Waals surface area contributed by atoms with Crippen LogP contribution in [0.15, 0.2) is 22.7 Å². The molecule has 9 nitrogen and oxygen atoms in total. The fraction of sp³-hybridized carbons (Fsp3) is 0.500. The summed E-state index contributed by atoms with van der Waals surface area (Å²) in [6.07, 6.45) is 0. The summed E-state index contributed by atoms with van der Waals surface area (Å²) in [6, 6.07) is 4.94. The summed E-state index contributed by atoms with van der Waals surface area (Å²) >= 11 is 0. The average Bonchev–Trinajstić information content (AvgIpc) is 3.01. The Morgan fingerprint density at radius 3 is 2.68 bits per heavy atom. The summed E-state index contributed by atoms with van der Waals surface area (Å²) in [4.78, 5) is 19.3. The normalized spacial score (nSPS) is 15.5. The van der Waals surface area contributed by atoms with Crippen LogP contribution in [0.3, 0.4) is 0 Å². The number of aromatic nitrogens is 2. The molecular formula is C16H21N5O4. The van der Waals surface area contributed by atoms with Crippen molar-refractivity contribution in [1.29, 1.82) is 0 Å². The Labute approximate surface area is 145 Å². The van der Waals surface area contributed by atoms with Gasteiger partial charge in [-0.15, -0.1) is 0 Å². The third-order valence-corrected chi connectivity index (χ3v) is 4.22. The highest BCUT2D eigenvalue weighted by atomic mass is 16.6. The number of piperazine rings is 1. The molecule has 0 atom stereocenters. The van der Waals surface area contributed by atoms with Gasteiger partial charge in [0.1, 0.15) is 0 Å². The summed E-state index contributed by atoms with van der Waals surface area (Å²) in [5.74, 6) is 1.27. The summed E-state index contributed by atoms with van der Waals surface area (Å²) in [5.41, 5.74) is 1.90. The van der Waals surface area contributed by atoms with Crippen LogP contribution in [0.25, 0.3) is 0 Å². The van der Waals surface area contributed by atoms with Gasteiger partial charge in [0.05, 0.1) is 18.1 Å². The Morgan fingerprint density at radius 1 is 1.32 bits per heavy atom. The van der Waals surface area contributed by atoms with Crippen molar-refractivity contribution in [3.63, 3.8) is 0 Å². The molecule has 2 heterocycles. The molecule has 0 N–H and O–H groups in total. The molecule has 134 valence electrons. The molecule has 0 unspecified atom stereocenters. The van der Waals surface area contributed by atoms with Gasteiger partial charge in [-0.05, 0) is 13.0 Å². The Kier molecular flexibility index (Phi) is 5.25. The minimum atomic E-state index is -0.382. The van der Waals surface area contributed by atoms with Crippen LogP contribution in [0.1, 0.15) is 17.3 Å². The van der Waals surface area contributed by atoms with Crippen LogP contribution in [-0.2, 0) is 17.9 Å². The number of aryl methyl sites for hydroxylation is 1. The van der Waals surface area contributed by atoms with E-state index in [2.05, 4.69) is 19.9 Å². The maximum absolute atomic E-state index is 11.0. The Balaban J connectivity index is 1.66. The Morgan fingerprint density at radius 2 is 2.08 bits per heavy atom. The lowest BCUT2D eigenvalue weighted by Gasteiger charge is -2.36. The fourth-order valence-corrected chi connectivity index (χ4v) is 3.01. The van der Waals surface area contributed by atoms with Crippen LogP contribution < -0.4 is 4.90 Å². The van der Waals surface area contributed by atoms with Gasteiger partial charge in [-0.2, -0.15) is 4.98 Å². The molecule has 3 rings (SSSR count). The van der Waals surface area contributed by atoms with E-state index in [4.69, 9.17) is 9.26 Å². The second-order valence-electron chi connectivity index (χ2n) is 6.00. The lowest BCUT2D eigenvalue weighted by Crippen LogP contribution is -2.46. The molecule has 1 aromatic carbocycles. The van der Waals surface area contributed by atoms with E-state index in [1.807, 2.05) is 6.07 Å². The Bertz CT molecular complexity index is 740. The number of benzene rings is 1. The van der Waals surface area contributed by atoms with Gasteiger partial charge < -0.3 is 14.2 Å². The summed E-state index contributed by atoms with van der Waals surface area (Å²) in [7, 11) is 1.59. The van der Waals surface area contributed by atoms with Crippen LogP contribution >= 0.6 is 0 Å².